The fourth-order valence-electron chi connectivity index (χ4n) is 1.69. The monoisotopic (exact) mass is 332 g/mol. The fraction of sp³-hybridized carbons (Fsp3) is 0.714. The summed E-state index contributed by atoms with van der Waals surface area (Å²) in [4.78, 5) is 1.42. The third-order valence-electron chi connectivity index (χ3n) is 3.34. The Bertz CT molecular complexity index is 372. The first-order valence-electron chi connectivity index (χ1n) is 6.43. The Balaban J connectivity index is 2.39. The first-order chi connectivity index (χ1) is 8.27. The molecule has 104 valence electrons. The Hall–Kier alpha value is 0.1000. The van der Waals surface area contributed by atoms with Gasteiger partial charge in [0.05, 0.1) is 3.79 Å². The molecule has 0 aliphatic carbocycles. The lowest BCUT2D eigenvalue weighted by Gasteiger charge is -2.26. The van der Waals surface area contributed by atoms with Crippen LogP contribution in [0, 0.1) is 5.41 Å². The van der Waals surface area contributed by atoms with E-state index in [-0.39, 0.29) is 10.8 Å². The van der Waals surface area contributed by atoms with Crippen molar-refractivity contribution in [3.8, 4) is 0 Å². The van der Waals surface area contributed by atoms with Gasteiger partial charge in [-0.25, -0.2) is 0 Å². The average molecular weight is 333 g/mol. The molecule has 18 heavy (non-hydrogen) atoms. The maximum atomic E-state index is 5.74. The zero-order valence-electron chi connectivity index (χ0n) is 11.8. The highest BCUT2D eigenvalue weighted by Gasteiger charge is 2.22. The van der Waals surface area contributed by atoms with Crippen LogP contribution in [0.1, 0.15) is 39.0 Å². The zero-order chi connectivity index (χ0) is 13.8. The number of halogens is 1. The highest BCUT2D eigenvalue weighted by molar-refractivity contribution is 9.11. The summed E-state index contributed by atoms with van der Waals surface area (Å²) in [6.45, 7) is 11.8. The molecule has 0 amide bonds. The first kappa shape index (κ1) is 16.2. The Morgan fingerprint density at radius 2 is 1.94 bits per heavy atom. The highest BCUT2D eigenvalue weighted by atomic mass is 79.9. The van der Waals surface area contributed by atoms with Crippen molar-refractivity contribution >= 4 is 27.3 Å². The maximum absolute atomic E-state index is 5.74. The summed E-state index contributed by atoms with van der Waals surface area (Å²) < 4.78 is 1.20. The minimum Gasteiger partial charge on any atom is -0.330 e. The lowest BCUT2D eigenvalue weighted by Crippen LogP contribution is -2.35. The van der Waals surface area contributed by atoms with Gasteiger partial charge in [0.2, 0.25) is 0 Å². The van der Waals surface area contributed by atoms with E-state index in [0.717, 1.165) is 26.1 Å². The smallest absolute Gasteiger partial charge is 0.0701 e. The molecule has 0 bridgehead atoms. The standard InChI is InChI=1S/C14H25BrN2S/c1-13(2,9-16)7-8-17-10-14(3,4)11-5-6-12(15)18-11/h5-6,17H,7-10,16H2,1-4H3. The molecular weight excluding hydrogens is 308 g/mol. The van der Waals surface area contributed by atoms with Gasteiger partial charge in [0, 0.05) is 16.8 Å². The van der Waals surface area contributed by atoms with Gasteiger partial charge < -0.3 is 11.1 Å². The second-order valence-electron chi connectivity index (χ2n) is 6.28. The lowest BCUT2D eigenvalue weighted by atomic mass is 9.88. The van der Waals surface area contributed by atoms with Crippen molar-refractivity contribution < 1.29 is 0 Å². The molecule has 3 N–H and O–H groups in total. The van der Waals surface area contributed by atoms with Crippen LogP contribution in [0.2, 0.25) is 0 Å². The summed E-state index contributed by atoms with van der Waals surface area (Å²) in [5.41, 5.74) is 6.16. The molecule has 0 saturated heterocycles. The zero-order valence-corrected chi connectivity index (χ0v) is 14.2. The van der Waals surface area contributed by atoms with Crippen LogP contribution in [-0.4, -0.2) is 19.6 Å². The minimum absolute atomic E-state index is 0.184. The third-order valence-corrected chi connectivity index (χ3v) is 5.33. The summed E-state index contributed by atoms with van der Waals surface area (Å²) in [6, 6.07) is 4.33. The molecule has 1 heterocycles. The van der Waals surface area contributed by atoms with E-state index < -0.39 is 0 Å². The molecule has 0 aliphatic heterocycles. The Morgan fingerprint density at radius 3 is 2.44 bits per heavy atom. The molecule has 4 heteroatoms. The van der Waals surface area contributed by atoms with Gasteiger partial charge >= 0.3 is 0 Å². The Morgan fingerprint density at radius 1 is 1.28 bits per heavy atom. The van der Waals surface area contributed by atoms with E-state index in [0.29, 0.717) is 0 Å². The van der Waals surface area contributed by atoms with Crippen LogP contribution >= 0.6 is 27.3 Å². The molecule has 0 saturated carbocycles. The Kier molecular flexibility index (Phi) is 5.84. The van der Waals surface area contributed by atoms with Gasteiger partial charge in [-0.1, -0.05) is 27.7 Å². The van der Waals surface area contributed by atoms with Crippen LogP contribution in [0.15, 0.2) is 15.9 Å². The van der Waals surface area contributed by atoms with E-state index in [4.69, 9.17) is 5.73 Å². The molecule has 0 aliphatic rings. The second kappa shape index (κ2) is 6.51. The molecule has 0 spiro atoms. The van der Waals surface area contributed by atoms with Crippen LogP contribution in [0.3, 0.4) is 0 Å². The molecule has 1 aromatic heterocycles. The number of hydrogen-bond acceptors (Lipinski definition) is 3. The predicted octanol–water partition coefficient (Wildman–Crippen LogP) is 3.75. The van der Waals surface area contributed by atoms with E-state index in [9.17, 15) is 0 Å². The lowest BCUT2D eigenvalue weighted by molar-refractivity contribution is 0.331. The van der Waals surface area contributed by atoms with Gasteiger partial charge in [0.15, 0.2) is 0 Å². The van der Waals surface area contributed by atoms with Gasteiger partial charge in [-0.3, -0.25) is 0 Å². The Labute approximate surface area is 123 Å². The third kappa shape index (κ3) is 5.00. The molecule has 0 atom stereocenters. The van der Waals surface area contributed by atoms with Crippen LogP contribution in [0.4, 0.5) is 0 Å². The van der Waals surface area contributed by atoms with Crippen molar-refractivity contribution in [2.24, 2.45) is 11.1 Å². The first-order valence-corrected chi connectivity index (χ1v) is 8.04. The topological polar surface area (TPSA) is 38.0 Å². The SMILES string of the molecule is CC(C)(CN)CCNCC(C)(C)c1ccc(Br)s1. The predicted molar refractivity (Wildman–Crippen MR) is 85.4 cm³/mol. The summed E-state index contributed by atoms with van der Waals surface area (Å²) in [7, 11) is 0. The van der Waals surface area contributed by atoms with Crippen LogP contribution in [-0.2, 0) is 5.41 Å². The van der Waals surface area contributed by atoms with Crippen molar-refractivity contribution in [3.05, 3.63) is 20.8 Å². The quantitative estimate of drug-likeness (QED) is 0.746. The molecule has 2 nitrogen and oxygen atoms in total. The summed E-state index contributed by atoms with van der Waals surface area (Å²) in [6.07, 6.45) is 1.12. The maximum Gasteiger partial charge on any atom is 0.0701 e. The van der Waals surface area contributed by atoms with E-state index in [1.165, 1.54) is 8.66 Å². The molecule has 0 aromatic carbocycles. The second-order valence-corrected chi connectivity index (χ2v) is 8.75. The number of thiophene rings is 1. The largest absolute Gasteiger partial charge is 0.330 e. The van der Waals surface area contributed by atoms with Gasteiger partial charge in [0.1, 0.15) is 0 Å². The van der Waals surface area contributed by atoms with Crippen molar-refractivity contribution in [2.45, 2.75) is 39.5 Å². The van der Waals surface area contributed by atoms with Gasteiger partial charge in [0.25, 0.3) is 0 Å². The molecule has 0 fully saturated rings. The van der Waals surface area contributed by atoms with Crippen molar-refractivity contribution in [1.29, 1.82) is 0 Å². The van der Waals surface area contributed by atoms with Gasteiger partial charge in [-0.15, -0.1) is 11.3 Å². The summed E-state index contributed by atoms with van der Waals surface area (Å²) >= 11 is 5.35. The minimum atomic E-state index is 0.184. The van der Waals surface area contributed by atoms with Crippen LogP contribution in [0.25, 0.3) is 0 Å². The summed E-state index contributed by atoms with van der Waals surface area (Å²) in [5, 5.41) is 3.56. The summed E-state index contributed by atoms with van der Waals surface area (Å²) in [5.74, 6) is 0. The van der Waals surface area contributed by atoms with Gasteiger partial charge in [-0.05, 0) is 53.0 Å². The number of nitrogens with one attached hydrogen (secondary N) is 1. The van der Waals surface area contributed by atoms with Gasteiger partial charge in [-0.2, -0.15) is 0 Å². The molecule has 0 radical (unpaired) electrons. The number of rotatable bonds is 7. The molecule has 0 unspecified atom stereocenters. The van der Waals surface area contributed by atoms with Crippen LogP contribution in [0.5, 0.6) is 0 Å². The average Bonchev–Trinajstić information content (AvgIpc) is 2.72. The fourth-order valence-corrected chi connectivity index (χ4v) is 3.18. The van der Waals surface area contributed by atoms with Crippen molar-refractivity contribution in [3.63, 3.8) is 0 Å². The van der Waals surface area contributed by atoms with Crippen molar-refractivity contribution in [2.75, 3.05) is 19.6 Å². The number of nitrogens with two attached hydrogens (primary N) is 1. The normalized spacial score (nSPS) is 13.0. The van der Waals surface area contributed by atoms with E-state index in [1.807, 2.05) is 11.3 Å². The highest BCUT2D eigenvalue weighted by Crippen LogP contribution is 2.32. The van der Waals surface area contributed by atoms with E-state index in [1.54, 1.807) is 0 Å². The number of hydrogen-bond donors (Lipinski definition) is 2. The van der Waals surface area contributed by atoms with E-state index in [2.05, 4.69) is 61.1 Å². The molecular formula is C14H25BrN2S. The molecule has 1 aromatic rings. The van der Waals surface area contributed by atoms with E-state index >= 15 is 0 Å². The van der Waals surface area contributed by atoms with Crippen molar-refractivity contribution in [1.82, 2.24) is 5.32 Å². The van der Waals surface area contributed by atoms with Crippen LogP contribution < -0.4 is 11.1 Å². The molecule has 1 rings (SSSR count).